The van der Waals surface area contributed by atoms with Gasteiger partial charge in [0.2, 0.25) is 0 Å². The van der Waals surface area contributed by atoms with Gasteiger partial charge in [0.15, 0.2) is 5.11 Å². The molecule has 3 heterocycles. The summed E-state index contributed by atoms with van der Waals surface area (Å²) in [4.78, 5) is 6.69. The monoisotopic (exact) mass is 506 g/mol. The lowest BCUT2D eigenvalue weighted by Gasteiger charge is -2.28. The van der Waals surface area contributed by atoms with Crippen molar-refractivity contribution >= 4 is 34.6 Å². The van der Waals surface area contributed by atoms with Crippen LogP contribution < -0.4 is 15.0 Å². The molecule has 8 heteroatoms. The zero-order chi connectivity index (χ0) is 24.7. The van der Waals surface area contributed by atoms with Gasteiger partial charge in [-0.15, -0.1) is 0 Å². The molecule has 1 fully saturated rings. The molecular formula is C27H24ClFN4OS. The molecule has 35 heavy (non-hydrogen) atoms. The molecule has 5 rings (SSSR count). The van der Waals surface area contributed by atoms with Crippen molar-refractivity contribution in [3.63, 3.8) is 0 Å². The van der Waals surface area contributed by atoms with Crippen LogP contribution in [0.1, 0.15) is 34.7 Å². The van der Waals surface area contributed by atoms with Gasteiger partial charge in [0.25, 0.3) is 0 Å². The van der Waals surface area contributed by atoms with Crippen LogP contribution in [0.15, 0.2) is 72.9 Å². The molecule has 178 valence electrons. The number of pyridine rings is 1. The number of hydrogen-bond donors (Lipinski definition) is 1. The van der Waals surface area contributed by atoms with Gasteiger partial charge in [-0.2, -0.15) is 0 Å². The number of aryl methyl sites for hydroxylation is 1. The van der Waals surface area contributed by atoms with Gasteiger partial charge < -0.3 is 19.5 Å². The number of methoxy groups -OCH3 is 1. The highest BCUT2D eigenvalue weighted by Crippen LogP contribution is 2.44. The van der Waals surface area contributed by atoms with Gasteiger partial charge in [0, 0.05) is 29.0 Å². The quantitative estimate of drug-likeness (QED) is 0.314. The normalized spacial score (nSPS) is 17.5. The summed E-state index contributed by atoms with van der Waals surface area (Å²) >= 11 is 12.3. The number of nitrogens with zero attached hydrogens (tertiary/aromatic N) is 3. The molecule has 1 N–H and O–H groups in total. The number of rotatable bonds is 5. The maximum atomic E-state index is 14.1. The third kappa shape index (κ3) is 4.15. The summed E-state index contributed by atoms with van der Waals surface area (Å²) in [6.07, 6.45) is 1.78. The summed E-state index contributed by atoms with van der Waals surface area (Å²) in [7, 11) is 1.59. The van der Waals surface area contributed by atoms with Crippen molar-refractivity contribution in [1.82, 2.24) is 14.9 Å². The number of halogens is 2. The van der Waals surface area contributed by atoms with E-state index in [1.807, 2.05) is 56.3 Å². The predicted molar refractivity (Wildman–Crippen MR) is 141 cm³/mol. The van der Waals surface area contributed by atoms with Gasteiger partial charge in [0.05, 0.1) is 29.9 Å². The first-order chi connectivity index (χ1) is 16.9. The fraction of sp³-hybridized carbons (Fsp3) is 0.185. The summed E-state index contributed by atoms with van der Waals surface area (Å²) in [5.41, 5.74) is 5.53. The lowest BCUT2D eigenvalue weighted by atomic mass is 9.96. The molecule has 1 aliphatic rings. The number of nitrogens with one attached hydrogen (secondary N) is 1. The third-order valence-electron chi connectivity index (χ3n) is 6.37. The molecule has 2 aromatic carbocycles. The van der Waals surface area contributed by atoms with E-state index in [1.54, 1.807) is 25.4 Å². The number of aromatic nitrogens is 2. The molecule has 0 amide bonds. The second kappa shape index (κ2) is 9.32. The van der Waals surface area contributed by atoms with E-state index < -0.39 is 0 Å². The molecule has 0 aliphatic carbocycles. The first kappa shape index (κ1) is 23.3. The minimum absolute atomic E-state index is 0.203. The standard InChI is InChI=1S/C27H24ClFN4OS/c1-16-13-21(17(2)32(16)19-8-6-7-18(29)14-19)26-25(23-9-4-5-12-30-23)31-27(35)33(26)20-10-11-24(34-3)22(28)15-20/h4-15,25-26H,1-3H3,(H,31,35)/t25-,26-/m1/s1. The summed E-state index contributed by atoms with van der Waals surface area (Å²) in [5, 5.41) is 4.54. The average Bonchev–Trinajstić information content (AvgIpc) is 3.34. The molecule has 1 saturated heterocycles. The Hall–Kier alpha value is -3.42. The highest BCUT2D eigenvalue weighted by Gasteiger charge is 2.42. The van der Waals surface area contributed by atoms with E-state index >= 15 is 0 Å². The van der Waals surface area contributed by atoms with Crippen molar-refractivity contribution in [1.29, 1.82) is 0 Å². The molecule has 0 bridgehead atoms. The van der Waals surface area contributed by atoms with Crippen molar-refractivity contribution in [2.24, 2.45) is 0 Å². The fourth-order valence-electron chi connectivity index (χ4n) is 4.85. The second-order valence-electron chi connectivity index (χ2n) is 8.46. The average molecular weight is 507 g/mol. The highest BCUT2D eigenvalue weighted by atomic mass is 35.5. The van der Waals surface area contributed by atoms with Crippen molar-refractivity contribution in [2.45, 2.75) is 25.9 Å². The highest BCUT2D eigenvalue weighted by molar-refractivity contribution is 7.80. The number of anilines is 1. The molecular weight excluding hydrogens is 483 g/mol. The maximum Gasteiger partial charge on any atom is 0.174 e. The molecule has 1 aliphatic heterocycles. The Kier molecular flexibility index (Phi) is 6.21. The van der Waals surface area contributed by atoms with E-state index in [-0.39, 0.29) is 17.9 Å². The molecule has 2 aromatic heterocycles. The van der Waals surface area contributed by atoms with Gasteiger partial charge in [-0.1, -0.05) is 23.7 Å². The van der Waals surface area contributed by atoms with E-state index in [0.717, 1.165) is 34.0 Å². The number of thiocarbonyl (C=S) groups is 1. The van der Waals surface area contributed by atoms with Crippen LogP contribution in [-0.4, -0.2) is 21.8 Å². The summed E-state index contributed by atoms with van der Waals surface area (Å²) in [6, 6.07) is 19.8. The third-order valence-corrected chi connectivity index (χ3v) is 6.98. The van der Waals surface area contributed by atoms with E-state index in [9.17, 15) is 4.39 Å². The topological polar surface area (TPSA) is 42.3 Å². The zero-order valence-electron chi connectivity index (χ0n) is 19.5. The SMILES string of the molecule is COc1ccc(N2C(=S)N[C@H](c3ccccn3)[C@H]2c2cc(C)n(-c3cccc(F)c3)c2C)cc1Cl. The summed E-state index contributed by atoms with van der Waals surface area (Å²) < 4.78 is 21.5. The Morgan fingerprint density at radius 1 is 1.03 bits per heavy atom. The number of ether oxygens (including phenoxy) is 1. The molecule has 5 nitrogen and oxygen atoms in total. The van der Waals surface area contributed by atoms with Crippen LogP contribution in [0.5, 0.6) is 5.75 Å². The van der Waals surface area contributed by atoms with Gasteiger partial charge in [-0.05, 0) is 86.2 Å². The minimum atomic E-state index is -0.277. The first-order valence-electron chi connectivity index (χ1n) is 11.2. The lowest BCUT2D eigenvalue weighted by molar-refractivity contribution is 0.415. The van der Waals surface area contributed by atoms with Gasteiger partial charge in [-0.3, -0.25) is 4.98 Å². The Balaban J connectivity index is 1.68. The van der Waals surface area contributed by atoms with Crippen LogP contribution in [0, 0.1) is 19.7 Å². The van der Waals surface area contributed by atoms with Gasteiger partial charge in [-0.25, -0.2) is 4.39 Å². The van der Waals surface area contributed by atoms with Crippen LogP contribution in [-0.2, 0) is 0 Å². The van der Waals surface area contributed by atoms with E-state index in [0.29, 0.717) is 15.9 Å². The largest absolute Gasteiger partial charge is 0.495 e. The van der Waals surface area contributed by atoms with Crippen molar-refractivity contribution in [3.05, 3.63) is 106 Å². The Morgan fingerprint density at radius 2 is 1.86 bits per heavy atom. The molecule has 0 radical (unpaired) electrons. The smallest absolute Gasteiger partial charge is 0.174 e. The fourth-order valence-corrected chi connectivity index (χ4v) is 5.45. The summed E-state index contributed by atoms with van der Waals surface area (Å²) in [5.74, 6) is 0.316. The Morgan fingerprint density at radius 3 is 2.54 bits per heavy atom. The molecule has 0 spiro atoms. The van der Waals surface area contributed by atoms with Crippen LogP contribution in [0.3, 0.4) is 0 Å². The van der Waals surface area contributed by atoms with Crippen LogP contribution >= 0.6 is 23.8 Å². The Bertz CT molecular complexity index is 1410. The second-order valence-corrected chi connectivity index (χ2v) is 9.25. The lowest BCUT2D eigenvalue weighted by Crippen LogP contribution is -2.29. The maximum absolute atomic E-state index is 14.1. The van der Waals surface area contributed by atoms with E-state index in [1.165, 1.54) is 6.07 Å². The predicted octanol–water partition coefficient (Wildman–Crippen LogP) is 6.47. The summed E-state index contributed by atoms with van der Waals surface area (Å²) in [6.45, 7) is 4.07. The van der Waals surface area contributed by atoms with Crippen molar-refractivity contribution < 1.29 is 9.13 Å². The molecule has 0 saturated carbocycles. The van der Waals surface area contributed by atoms with Crippen molar-refractivity contribution in [3.8, 4) is 11.4 Å². The van der Waals surface area contributed by atoms with Crippen LogP contribution in [0.25, 0.3) is 5.69 Å². The van der Waals surface area contributed by atoms with E-state index in [2.05, 4.69) is 25.8 Å². The van der Waals surface area contributed by atoms with Gasteiger partial charge in [0.1, 0.15) is 11.6 Å². The Labute approximate surface area is 214 Å². The number of benzene rings is 2. The first-order valence-corrected chi connectivity index (χ1v) is 12.0. The van der Waals surface area contributed by atoms with Crippen LogP contribution in [0.4, 0.5) is 10.1 Å². The van der Waals surface area contributed by atoms with Crippen LogP contribution in [0.2, 0.25) is 5.02 Å². The molecule has 0 unspecified atom stereocenters. The zero-order valence-corrected chi connectivity index (χ0v) is 21.1. The van der Waals surface area contributed by atoms with Crippen molar-refractivity contribution in [2.75, 3.05) is 12.0 Å². The molecule has 2 atom stereocenters. The van der Waals surface area contributed by atoms with E-state index in [4.69, 9.17) is 28.6 Å². The molecule has 4 aromatic rings. The van der Waals surface area contributed by atoms with Gasteiger partial charge >= 0.3 is 0 Å². The minimum Gasteiger partial charge on any atom is -0.495 e. The number of hydrogen-bond acceptors (Lipinski definition) is 3.